The minimum absolute atomic E-state index is 0.0423. The first-order valence-electron chi connectivity index (χ1n) is 3.92. The van der Waals surface area contributed by atoms with Gasteiger partial charge in [-0.25, -0.2) is 5.48 Å². The Hall–Kier alpha value is -0.770. The summed E-state index contributed by atoms with van der Waals surface area (Å²) in [7, 11) is 0. The van der Waals surface area contributed by atoms with Gasteiger partial charge in [-0.2, -0.15) is 0 Å². The topological polar surface area (TPSA) is 52.5 Å². The molecule has 0 aliphatic carbocycles. The van der Waals surface area contributed by atoms with Crippen LogP contribution >= 0.6 is 11.6 Å². The standard InChI is InChI=1S/C9H12ClNO2/c1-5-3-6(2)8(10)9(12)7(5)4-11-13/h3,11-13H,4H2,1-2H3. The SMILES string of the molecule is Cc1cc(C)c(CNO)c(O)c1Cl. The molecule has 0 spiro atoms. The Morgan fingerprint density at radius 1 is 1.38 bits per heavy atom. The van der Waals surface area contributed by atoms with Gasteiger partial charge in [0.2, 0.25) is 0 Å². The fourth-order valence-electron chi connectivity index (χ4n) is 1.28. The summed E-state index contributed by atoms with van der Waals surface area (Å²) < 4.78 is 0. The average molecular weight is 202 g/mol. The number of phenols is 1. The van der Waals surface area contributed by atoms with Gasteiger partial charge < -0.3 is 10.3 Å². The van der Waals surface area contributed by atoms with Gasteiger partial charge in [0.25, 0.3) is 0 Å². The van der Waals surface area contributed by atoms with Crippen LogP contribution in [0, 0.1) is 13.8 Å². The van der Waals surface area contributed by atoms with Gasteiger partial charge in [0, 0.05) is 12.1 Å². The van der Waals surface area contributed by atoms with E-state index in [0.29, 0.717) is 10.6 Å². The minimum atomic E-state index is 0.0423. The van der Waals surface area contributed by atoms with E-state index in [1.54, 1.807) is 0 Å². The molecule has 0 amide bonds. The van der Waals surface area contributed by atoms with Crippen molar-refractivity contribution in [2.24, 2.45) is 0 Å². The lowest BCUT2D eigenvalue weighted by Gasteiger charge is -2.10. The fraction of sp³-hybridized carbons (Fsp3) is 0.333. The summed E-state index contributed by atoms with van der Waals surface area (Å²) in [6.45, 7) is 3.87. The van der Waals surface area contributed by atoms with Crippen LogP contribution < -0.4 is 5.48 Å². The number of benzene rings is 1. The second kappa shape index (κ2) is 3.96. The van der Waals surface area contributed by atoms with Gasteiger partial charge in [0.1, 0.15) is 5.75 Å². The van der Waals surface area contributed by atoms with Gasteiger partial charge >= 0.3 is 0 Å². The van der Waals surface area contributed by atoms with Crippen LogP contribution in [-0.2, 0) is 6.54 Å². The van der Waals surface area contributed by atoms with Gasteiger partial charge in [0.05, 0.1) is 5.02 Å². The van der Waals surface area contributed by atoms with Crippen LogP contribution in [0.15, 0.2) is 6.07 Å². The van der Waals surface area contributed by atoms with Crippen molar-refractivity contribution in [3.05, 3.63) is 27.8 Å². The molecule has 0 saturated heterocycles. The molecule has 0 aliphatic rings. The van der Waals surface area contributed by atoms with Gasteiger partial charge in [0.15, 0.2) is 0 Å². The van der Waals surface area contributed by atoms with E-state index in [0.717, 1.165) is 11.1 Å². The first kappa shape index (κ1) is 10.3. The Kier molecular flexibility index (Phi) is 3.14. The summed E-state index contributed by atoms with van der Waals surface area (Å²) in [6, 6.07) is 1.87. The number of halogens is 1. The molecule has 3 nitrogen and oxygen atoms in total. The molecule has 13 heavy (non-hydrogen) atoms. The van der Waals surface area contributed by atoms with E-state index in [4.69, 9.17) is 16.8 Å². The van der Waals surface area contributed by atoms with Crippen LogP contribution in [0.25, 0.3) is 0 Å². The highest BCUT2D eigenvalue weighted by molar-refractivity contribution is 6.32. The van der Waals surface area contributed by atoms with Crippen molar-refractivity contribution >= 4 is 11.6 Å². The first-order chi connectivity index (χ1) is 6.07. The summed E-state index contributed by atoms with van der Waals surface area (Å²) in [4.78, 5) is 0. The van der Waals surface area contributed by atoms with E-state index >= 15 is 0 Å². The van der Waals surface area contributed by atoms with Gasteiger partial charge in [-0.05, 0) is 25.0 Å². The molecule has 0 fully saturated rings. The molecule has 0 aliphatic heterocycles. The lowest BCUT2D eigenvalue weighted by atomic mass is 10.0. The molecule has 0 atom stereocenters. The van der Waals surface area contributed by atoms with E-state index in [9.17, 15) is 5.11 Å². The Morgan fingerprint density at radius 2 is 2.00 bits per heavy atom. The lowest BCUT2D eigenvalue weighted by Crippen LogP contribution is -2.08. The normalized spacial score (nSPS) is 10.5. The third-order valence-electron chi connectivity index (χ3n) is 2.00. The Balaban J connectivity index is 3.26. The van der Waals surface area contributed by atoms with Crippen LogP contribution in [0.5, 0.6) is 5.75 Å². The molecule has 0 bridgehead atoms. The van der Waals surface area contributed by atoms with E-state index in [-0.39, 0.29) is 12.3 Å². The van der Waals surface area contributed by atoms with Crippen molar-refractivity contribution in [1.29, 1.82) is 0 Å². The Morgan fingerprint density at radius 3 is 2.54 bits per heavy atom. The molecule has 0 aromatic heterocycles. The van der Waals surface area contributed by atoms with Crippen molar-refractivity contribution in [2.45, 2.75) is 20.4 Å². The predicted molar refractivity (Wildman–Crippen MR) is 51.2 cm³/mol. The zero-order valence-electron chi connectivity index (χ0n) is 7.56. The summed E-state index contributed by atoms with van der Waals surface area (Å²) in [5.41, 5.74) is 4.35. The minimum Gasteiger partial charge on any atom is -0.506 e. The van der Waals surface area contributed by atoms with E-state index < -0.39 is 0 Å². The quantitative estimate of drug-likeness (QED) is 0.643. The van der Waals surface area contributed by atoms with Gasteiger partial charge in [-0.3, -0.25) is 0 Å². The van der Waals surface area contributed by atoms with E-state index in [2.05, 4.69) is 0 Å². The Bertz CT molecular complexity index is 326. The lowest BCUT2D eigenvalue weighted by molar-refractivity contribution is 0.160. The summed E-state index contributed by atoms with van der Waals surface area (Å²) in [5.74, 6) is 0.0423. The molecule has 0 unspecified atom stereocenters. The maximum absolute atomic E-state index is 9.61. The van der Waals surface area contributed by atoms with Gasteiger partial charge in [-0.1, -0.05) is 17.7 Å². The molecule has 1 rings (SSSR count). The van der Waals surface area contributed by atoms with Crippen LogP contribution in [0.1, 0.15) is 16.7 Å². The molecule has 0 saturated carbocycles. The highest BCUT2D eigenvalue weighted by atomic mass is 35.5. The summed E-state index contributed by atoms with van der Waals surface area (Å²) in [5, 5.41) is 18.5. The number of aromatic hydroxyl groups is 1. The maximum Gasteiger partial charge on any atom is 0.139 e. The Labute approximate surface area is 81.9 Å². The van der Waals surface area contributed by atoms with Crippen molar-refractivity contribution < 1.29 is 10.3 Å². The number of hydrogen-bond donors (Lipinski definition) is 3. The molecule has 4 heteroatoms. The van der Waals surface area contributed by atoms with Crippen molar-refractivity contribution in [2.75, 3.05) is 0 Å². The monoisotopic (exact) mass is 201 g/mol. The van der Waals surface area contributed by atoms with E-state index in [1.165, 1.54) is 0 Å². The third-order valence-corrected chi connectivity index (χ3v) is 2.48. The number of nitrogens with one attached hydrogen (secondary N) is 1. The molecule has 3 N–H and O–H groups in total. The average Bonchev–Trinajstić information content (AvgIpc) is 2.09. The zero-order chi connectivity index (χ0) is 10.0. The van der Waals surface area contributed by atoms with E-state index in [1.807, 2.05) is 25.4 Å². The second-order valence-electron chi connectivity index (χ2n) is 2.99. The molecule has 1 aromatic carbocycles. The largest absolute Gasteiger partial charge is 0.506 e. The zero-order valence-corrected chi connectivity index (χ0v) is 8.31. The highest BCUT2D eigenvalue weighted by Crippen LogP contribution is 2.32. The molecular weight excluding hydrogens is 190 g/mol. The second-order valence-corrected chi connectivity index (χ2v) is 3.36. The van der Waals surface area contributed by atoms with Crippen LogP contribution in [0.4, 0.5) is 0 Å². The first-order valence-corrected chi connectivity index (χ1v) is 4.30. The van der Waals surface area contributed by atoms with Crippen LogP contribution in [0.2, 0.25) is 5.02 Å². The molecule has 1 aromatic rings. The maximum atomic E-state index is 9.61. The molecule has 0 radical (unpaired) electrons. The number of phenolic OH excluding ortho intramolecular Hbond substituents is 1. The fourth-order valence-corrected chi connectivity index (χ4v) is 1.45. The molecule has 72 valence electrons. The number of hydrogen-bond acceptors (Lipinski definition) is 3. The third kappa shape index (κ3) is 1.94. The number of aryl methyl sites for hydroxylation is 2. The summed E-state index contributed by atoms with van der Waals surface area (Å²) in [6.07, 6.45) is 0. The van der Waals surface area contributed by atoms with Crippen LogP contribution in [0.3, 0.4) is 0 Å². The van der Waals surface area contributed by atoms with Crippen molar-refractivity contribution in [3.8, 4) is 5.75 Å². The smallest absolute Gasteiger partial charge is 0.139 e. The molecular formula is C9H12ClNO2. The number of rotatable bonds is 2. The predicted octanol–water partition coefficient (Wildman–Crippen LogP) is 2.14. The van der Waals surface area contributed by atoms with Gasteiger partial charge in [-0.15, -0.1) is 0 Å². The van der Waals surface area contributed by atoms with Crippen molar-refractivity contribution in [3.63, 3.8) is 0 Å². The molecule has 0 heterocycles. The van der Waals surface area contributed by atoms with Crippen LogP contribution in [-0.4, -0.2) is 10.3 Å². The highest BCUT2D eigenvalue weighted by Gasteiger charge is 2.10. The van der Waals surface area contributed by atoms with Crippen molar-refractivity contribution in [1.82, 2.24) is 5.48 Å². The number of hydroxylamine groups is 1. The summed E-state index contributed by atoms with van der Waals surface area (Å²) >= 11 is 5.83.